The number of aryl methyl sites for hydroxylation is 1. The van der Waals surface area contributed by atoms with Crippen molar-refractivity contribution in [3.63, 3.8) is 0 Å². The SMILES string of the molecule is Cc1ccccc1[C@@H](CO)C(=O)N1Cc2cn(S(=O)(=O)c3cnn(CC(F)F)c3C)nc2C1. The fourth-order valence-electron chi connectivity index (χ4n) is 4.01. The number of aliphatic hydroxyl groups excluding tert-OH is 1. The molecule has 1 atom stereocenters. The Hall–Kier alpha value is -3.12. The third-order valence-electron chi connectivity index (χ3n) is 5.81. The summed E-state index contributed by atoms with van der Waals surface area (Å²) >= 11 is 0. The van der Waals surface area contributed by atoms with E-state index in [4.69, 9.17) is 0 Å². The van der Waals surface area contributed by atoms with E-state index in [1.54, 1.807) is 12.1 Å². The van der Waals surface area contributed by atoms with E-state index in [0.717, 1.165) is 26.1 Å². The summed E-state index contributed by atoms with van der Waals surface area (Å²) in [6, 6.07) is 7.32. The third kappa shape index (κ3) is 4.15. The van der Waals surface area contributed by atoms with Gasteiger partial charge in [0.05, 0.1) is 36.7 Å². The summed E-state index contributed by atoms with van der Waals surface area (Å²) < 4.78 is 53.1. The molecule has 9 nitrogen and oxygen atoms in total. The first-order chi connectivity index (χ1) is 15.6. The minimum absolute atomic E-state index is 0.0896. The highest BCUT2D eigenvalue weighted by Gasteiger charge is 2.34. The topological polar surface area (TPSA) is 110 Å². The lowest BCUT2D eigenvalue weighted by Gasteiger charge is -2.23. The van der Waals surface area contributed by atoms with E-state index in [-0.39, 0.29) is 36.2 Å². The molecular weight excluding hydrogens is 456 g/mol. The number of aromatic nitrogens is 4. The Labute approximate surface area is 189 Å². The fraction of sp³-hybridized carbons (Fsp3) is 0.381. The molecule has 2 aromatic heterocycles. The zero-order chi connectivity index (χ0) is 23.9. The van der Waals surface area contributed by atoms with Gasteiger partial charge in [0.25, 0.3) is 16.4 Å². The summed E-state index contributed by atoms with van der Waals surface area (Å²) in [6.45, 7) is 2.46. The van der Waals surface area contributed by atoms with Crippen LogP contribution in [0.1, 0.15) is 34.0 Å². The third-order valence-corrected chi connectivity index (χ3v) is 7.44. The van der Waals surface area contributed by atoms with Gasteiger partial charge in [-0.3, -0.25) is 9.48 Å². The van der Waals surface area contributed by atoms with Crippen molar-refractivity contribution in [2.24, 2.45) is 0 Å². The molecular formula is C21H23F2N5O4S. The predicted molar refractivity (Wildman–Crippen MR) is 113 cm³/mol. The van der Waals surface area contributed by atoms with Gasteiger partial charge in [-0.15, -0.1) is 0 Å². The first kappa shape index (κ1) is 23.1. The molecule has 0 unspecified atom stereocenters. The molecule has 0 saturated heterocycles. The van der Waals surface area contributed by atoms with Crippen LogP contribution >= 0.6 is 0 Å². The normalized spacial score (nSPS) is 14.7. The number of hydrogen-bond acceptors (Lipinski definition) is 6. The summed E-state index contributed by atoms with van der Waals surface area (Å²) in [5, 5.41) is 17.8. The van der Waals surface area contributed by atoms with Gasteiger partial charge in [-0.1, -0.05) is 24.3 Å². The van der Waals surface area contributed by atoms with E-state index in [9.17, 15) is 27.1 Å². The number of nitrogens with zero attached hydrogens (tertiary/aromatic N) is 5. The monoisotopic (exact) mass is 479 g/mol. The minimum atomic E-state index is -4.14. The van der Waals surface area contributed by atoms with Crippen LogP contribution in [0.3, 0.4) is 0 Å². The molecule has 33 heavy (non-hydrogen) atoms. The van der Waals surface area contributed by atoms with Crippen LogP contribution in [0.2, 0.25) is 0 Å². The van der Waals surface area contributed by atoms with Crippen LogP contribution in [0.5, 0.6) is 0 Å². The van der Waals surface area contributed by atoms with Crippen LogP contribution in [0.4, 0.5) is 8.78 Å². The molecule has 3 aromatic rings. The van der Waals surface area contributed by atoms with Crippen LogP contribution < -0.4 is 0 Å². The maximum absolute atomic E-state index is 13.1. The first-order valence-corrected chi connectivity index (χ1v) is 11.7. The second kappa shape index (κ2) is 8.67. The smallest absolute Gasteiger partial charge is 0.286 e. The van der Waals surface area contributed by atoms with Gasteiger partial charge in [0.1, 0.15) is 11.4 Å². The molecule has 1 aliphatic rings. The first-order valence-electron chi connectivity index (χ1n) is 10.2. The van der Waals surface area contributed by atoms with Crippen molar-refractivity contribution >= 4 is 15.9 Å². The van der Waals surface area contributed by atoms with Gasteiger partial charge in [0, 0.05) is 18.3 Å². The standard InChI is InChI=1S/C21H23F2N5O4S/c1-13-5-3-4-6-16(13)17(12-29)21(30)26-8-15-9-28(25-18(15)10-26)33(31,32)19-7-24-27(14(19)2)11-20(22)23/h3-7,9,17,20,29H,8,10-12H2,1-2H3/t17-/m1/s1. The van der Waals surface area contributed by atoms with Gasteiger partial charge in [-0.05, 0) is 25.0 Å². The Balaban J connectivity index is 1.54. The summed E-state index contributed by atoms with van der Waals surface area (Å²) in [7, 11) is -4.14. The molecule has 0 radical (unpaired) electrons. The number of hydrogen-bond donors (Lipinski definition) is 1. The zero-order valence-corrected chi connectivity index (χ0v) is 18.8. The van der Waals surface area contributed by atoms with Gasteiger partial charge in [0.2, 0.25) is 5.91 Å². The number of alkyl halides is 2. The number of benzene rings is 1. The molecule has 0 saturated carbocycles. The average molecular weight is 480 g/mol. The minimum Gasteiger partial charge on any atom is -0.395 e. The summed E-state index contributed by atoms with van der Waals surface area (Å²) in [5.74, 6) is -1.00. The highest BCUT2D eigenvalue weighted by atomic mass is 32.2. The number of halogens is 2. The number of carbonyl (C=O) groups is 1. The van der Waals surface area contributed by atoms with Crippen molar-refractivity contribution < 1.29 is 27.1 Å². The summed E-state index contributed by atoms with van der Waals surface area (Å²) in [4.78, 5) is 14.4. The molecule has 0 bridgehead atoms. The Morgan fingerprint density at radius 3 is 2.58 bits per heavy atom. The molecule has 1 amide bonds. The molecule has 1 aliphatic heterocycles. The summed E-state index contributed by atoms with van der Waals surface area (Å²) in [5.41, 5.74) is 2.70. The molecule has 1 aromatic carbocycles. The highest BCUT2D eigenvalue weighted by Crippen LogP contribution is 2.29. The van der Waals surface area contributed by atoms with Crippen molar-refractivity contribution in [1.29, 1.82) is 0 Å². The number of rotatable bonds is 7. The van der Waals surface area contributed by atoms with Crippen molar-refractivity contribution in [3.8, 4) is 0 Å². The maximum atomic E-state index is 13.1. The van der Waals surface area contributed by atoms with Crippen molar-refractivity contribution in [2.75, 3.05) is 6.61 Å². The van der Waals surface area contributed by atoms with Crippen LogP contribution in [-0.4, -0.2) is 56.3 Å². The quantitative estimate of drug-likeness (QED) is 0.554. The molecule has 0 fully saturated rings. The lowest BCUT2D eigenvalue weighted by molar-refractivity contribution is -0.134. The van der Waals surface area contributed by atoms with Gasteiger partial charge >= 0.3 is 0 Å². The molecule has 4 rings (SSSR count). The van der Waals surface area contributed by atoms with E-state index in [2.05, 4.69) is 10.2 Å². The van der Waals surface area contributed by atoms with Crippen LogP contribution in [-0.2, 0) is 34.5 Å². The van der Waals surface area contributed by atoms with Gasteiger partial charge < -0.3 is 10.0 Å². The van der Waals surface area contributed by atoms with Crippen LogP contribution in [0.25, 0.3) is 0 Å². The second-order valence-electron chi connectivity index (χ2n) is 7.93. The number of aliphatic hydroxyl groups is 1. The van der Waals surface area contributed by atoms with Crippen molar-refractivity contribution in [1.82, 2.24) is 23.9 Å². The fourth-order valence-corrected chi connectivity index (χ4v) is 5.34. The van der Waals surface area contributed by atoms with E-state index >= 15 is 0 Å². The second-order valence-corrected chi connectivity index (χ2v) is 9.70. The van der Waals surface area contributed by atoms with E-state index in [1.807, 2.05) is 19.1 Å². The predicted octanol–water partition coefficient (Wildman–Crippen LogP) is 1.82. The van der Waals surface area contributed by atoms with Gasteiger partial charge in [-0.25, -0.2) is 8.78 Å². The molecule has 0 aliphatic carbocycles. The highest BCUT2D eigenvalue weighted by molar-refractivity contribution is 7.89. The summed E-state index contributed by atoms with van der Waals surface area (Å²) in [6.07, 6.45) is -0.314. The van der Waals surface area contributed by atoms with E-state index in [1.165, 1.54) is 18.0 Å². The van der Waals surface area contributed by atoms with Gasteiger partial charge in [0.15, 0.2) is 0 Å². The molecule has 12 heteroatoms. The lowest BCUT2D eigenvalue weighted by Crippen LogP contribution is -2.33. The van der Waals surface area contributed by atoms with E-state index < -0.39 is 28.9 Å². The molecule has 3 heterocycles. The van der Waals surface area contributed by atoms with E-state index in [0.29, 0.717) is 11.3 Å². The average Bonchev–Trinajstić information content (AvgIpc) is 3.44. The van der Waals surface area contributed by atoms with Crippen LogP contribution in [0, 0.1) is 13.8 Å². The Kier molecular flexibility index (Phi) is 6.06. The molecule has 0 spiro atoms. The van der Waals surface area contributed by atoms with Crippen LogP contribution in [0.15, 0.2) is 41.6 Å². The Morgan fingerprint density at radius 2 is 1.94 bits per heavy atom. The maximum Gasteiger partial charge on any atom is 0.286 e. The Morgan fingerprint density at radius 1 is 1.21 bits per heavy atom. The number of fused-ring (bicyclic) bond motifs is 1. The zero-order valence-electron chi connectivity index (χ0n) is 18.0. The van der Waals surface area contributed by atoms with Crippen molar-refractivity contribution in [3.05, 3.63) is 64.7 Å². The van der Waals surface area contributed by atoms with Crippen molar-refractivity contribution in [2.45, 2.75) is 50.7 Å². The number of carbonyl (C=O) groups excluding carboxylic acids is 1. The Bertz CT molecular complexity index is 1280. The molecule has 176 valence electrons. The van der Waals surface area contributed by atoms with Gasteiger partial charge in [-0.2, -0.15) is 22.7 Å². The largest absolute Gasteiger partial charge is 0.395 e. The molecule has 1 N–H and O–H groups in total. The number of amides is 1. The lowest BCUT2D eigenvalue weighted by atomic mass is 9.94.